The first kappa shape index (κ1) is 37.4. The zero-order valence-electron chi connectivity index (χ0n) is 27.0. The lowest BCUT2D eigenvalue weighted by molar-refractivity contribution is -0.137. The summed E-state index contributed by atoms with van der Waals surface area (Å²) in [5.41, 5.74) is 3.39. The maximum atomic E-state index is 13.8. The van der Waals surface area contributed by atoms with E-state index in [1.807, 2.05) is 30.3 Å². The predicted molar refractivity (Wildman–Crippen MR) is 187 cm³/mol. The van der Waals surface area contributed by atoms with Crippen molar-refractivity contribution in [3.63, 3.8) is 0 Å². The highest BCUT2D eigenvalue weighted by molar-refractivity contribution is 7.85. The van der Waals surface area contributed by atoms with Crippen molar-refractivity contribution in [3.8, 4) is 11.1 Å². The van der Waals surface area contributed by atoms with E-state index in [0.717, 1.165) is 28.8 Å². The fraction of sp³-hybridized carbons (Fsp3) is 0.243. The number of benzene rings is 4. The van der Waals surface area contributed by atoms with E-state index in [1.165, 1.54) is 6.07 Å². The number of hydrogen-bond donors (Lipinski definition) is 3. The minimum Gasteiger partial charge on any atom is -0.351 e. The lowest BCUT2D eigenvalue weighted by atomic mass is 9.89. The van der Waals surface area contributed by atoms with E-state index in [1.54, 1.807) is 48.5 Å². The molecule has 7 nitrogen and oxygen atoms in total. The van der Waals surface area contributed by atoms with Gasteiger partial charge in [0.25, 0.3) is 16.0 Å². The molecule has 0 spiro atoms. The van der Waals surface area contributed by atoms with Crippen LogP contribution in [0.1, 0.15) is 59.3 Å². The highest BCUT2D eigenvalue weighted by atomic mass is 35.5. The van der Waals surface area contributed by atoms with Gasteiger partial charge >= 0.3 is 6.18 Å². The van der Waals surface area contributed by atoms with E-state index < -0.39 is 39.4 Å². The molecular formula is C37H36ClF3N2O5S. The Kier molecular flexibility index (Phi) is 11.7. The smallest absolute Gasteiger partial charge is 0.351 e. The van der Waals surface area contributed by atoms with E-state index in [-0.39, 0.29) is 34.9 Å². The number of hydrogen-bond acceptors (Lipinski definition) is 4. The molecule has 0 saturated carbocycles. The van der Waals surface area contributed by atoms with Gasteiger partial charge in [-0.2, -0.15) is 21.6 Å². The zero-order chi connectivity index (χ0) is 36.0. The molecule has 0 heterocycles. The van der Waals surface area contributed by atoms with Gasteiger partial charge in [0.2, 0.25) is 5.91 Å². The largest absolute Gasteiger partial charge is 0.416 e. The van der Waals surface area contributed by atoms with Crippen LogP contribution in [-0.4, -0.2) is 37.1 Å². The molecule has 3 N–H and O–H groups in total. The first-order valence-electron chi connectivity index (χ1n) is 15.3. The monoisotopic (exact) mass is 712 g/mol. The molecular weight excluding hydrogens is 677 g/mol. The van der Waals surface area contributed by atoms with Gasteiger partial charge in [-0.05, 0) is 70.5 Å². The Morgan fingerprint density at radius 1 is 0.898 bits per heavy atom. The minimum atomic E-state index is -4.51. The first-order valence-corrected chi connectivity index (χ1v) is 17.3. The number of allylic oxidation sites excluding steroid dienone is 1. The number of carbonyl (C=O) groups excluding carboxylic acids is 2. The normalized spacial score (nSPS) is 12.9. The van der Waals surface area contributed by atoms with Crippen molar-refractivity contribution < 1.29 is 35.7 Å². The van der Waals surface area contributed by atoms with Crippen molar-refractivity contribution in [1.29, 1.82) is 0 Å². The number of carbonyl (C=O) groups is 2. The average molecular weight is 713 g/mol. The molecule has 49 heavy (non-hydrogen) atoms. The fourth-order valence-corrected chi connectivity index (χ4v) is 5.51. The molecule has 4 rings (SSSR count). The third-order valence-electron chi connectivity index (χ3n) is 7.49. The Hall–Kier alpha value is -4.45. The molecule has 1 unspecified atom stereocenters. The summed E-state index contributed by atoms with van der Waals surface area (Å²) in [5, 5.41) is 5.33. The highest BCUT2D eigenvalue weighted by Gasteiger charge is 2.31. The Bertz CT molecular complexity index is 1920. The van der Waals surface area contributed by atoms with Crippen LogP contribution < -0.4 is 10.6 Å². The molecule has 4 aromatic rings. The van der Waals surface area contributed by atoms with E-state index in [0.29, 0.717) is 16.8 Å². The molecule has 0 fully saturated rings. The standard InChI is InChI=1S/C37H36ClF3N2O5S/c1-36(2,3)19-18-24-4-8-27(9-5-24)32(22-25-6-10-28(11-7-25)34(44)42-20-21-49(46,47)48)35(45)43-30-15-12-26(13-16-30)31-17-14-29(23-33(31)38)37(39,40)41/h4-19,23,32H,20-22H2,1-3H3,(H,42,44)(H,43,45)(H,46,47,48)/b19-18+. The summed E-state index contributed by atoms with van der Waals surface area (Å²) in [6.45, 7) is 6.03. The van der Waals surface area contributed by atoms with Crippen molar-refractivity contribution in [2.75, 3.05) is 17.6 Å². The van der Waals surface area contributed by atoms with Crippen molar-refractivity contribution >= 4 is 45.3 Å². The summed E-state index contributed by atoms with van der Waals surface area (Å²) < 4.78 is 70.0. The van der Waals surface area contributed by atoms with E-state index >= 15 is 0 Å². The first-order chi connectivity index (χ1) is 22.9. The second-order valence-electron chi connectivity index (χ2n) is 12.6. The summed E-state index contributed by atoms with van der Waals surface area (Å²) in [4.78, 5) is 26.2. The lowest BCUT2D eigenvalue weighted by Gasteiger charge is -2.19. The zero-order valence-corrected chi connectivity index (χ0v) is 28.6. The summed E-state index contributed by atoms with van der Waals surface area (Å²) in [5.74, 6) is -2.06. The van der Waals surface area contributed by atoms with E-state index in [2.05, 4.69) is 37.5 Å². The number of anilines is 1. The second-order valence-corrected chi connectivity index (χ2v) is 14.6. The van der Waals surface area contributed by atoms with Gasteiger partial charge in [-0.3, -0.25) is 14.1 Å². The number of rotatable bonds is 11. The third kappa shape index (κ3) is 11.3. The van der Waals surface area contributed by atoms with Crippen LogP contribution in [0, 0.1) is 5.41 Å². The summed E-state index contributed by atoms with van der Waals surface area (Å²) in [6.07, 6.45) is -0.120. The predicted octanol–water partition coefficient (Wildman–Crippen LogP) is 8.67. The van der Waals surface area contributed by atoms with Crippen LogP contribution in [0.15, 0.2) is 97.1 Å². The van der Waals surface area contributed by atoms with Crippen LogP contribution in [-0.2, 0) is 27.5 Å². The molecule has 0 bridgehead atoms. The van der Waals surface area contributed by atoms with Crippen molar-refractivity contribution in [2.24, 2.45) is 5.41 Å². The van der Waals surface area contributed by atoms with Crippen LogP contribution in [0.5, 0.6) is 0 Å². The van der Waals surface area contributed by atoms with Gasteiger partial charge < -0.3 is 10.6 Å². The van der Waals surface area contributed by atoms with E-state index in [9.17, 15) is 31.2 Å². The van der Waals surface area contributed by atoms with Crippen molar-refractivity contribution in [3.05, 3.63) is 130 Å². The second kappa shape index (κ2) is 15.4. The summed E-state index contributed by atoms with van der Waals surface area (Å²) in [6, 6.07) is 24.0. The van der Waals surface area contributed by atoms with Gasteiger partial charge in [0, 0.05) is 28.4 Å². The molecule has 0 aliphatic carbocycles. The Balaban J connectivity index is 1.54. The fourth-order valence-electron chi connectivity index (χ4n) is 4.86. The van der Waals surface area contributed by atoms with Gasteiger partial charge in [0.05, 0.1) is 17.2 Å². The van der Waals surface area contributed by atoms with Crippen molar-refractivity contribution in [2.45, 2.75) is 39.3 Å². The number of halogens is 4. The maximum Gasteiger partial charge on any atom is 0.416 e. The molecule has 12 heteroatoms. The summed E-state index contributed by atoms with van der Waals surface area (Å²) in [7, 11) is -4.21. The minimum absolute atomic E-state index is 0.00586. The molecule has 258 valence electrons. The Morgan fingerprint density at radius 2 is 1.53 bits per heavy atom. The van der Waals surface area contributed by atoms with Crippen LogP contribution in [0.3, 0.4) is 0 Å². The molecule has 1 atom stereocenters. The molecule has 2 amide bonds. The molecule has 0 saturated heterocycles. The third-order valence-corrected chi connectivity index (χ3v) is 8.53. The van der Waals surface area contributed by atoms with Gasteiger partial charge in [-0.25, -0.2) is 0 Å². The quantitative estimate of drug-likeness (QED) is 0.135. The molecule has 0 aliphatic rings. The maximum absolute atomic E-state index is 13.8. The van der Waals surface area contributed by atoms with Crippen LogP contribution in [0.25, 0.3) is 17.2 Å². The van der Waals surface area contributed by atoms with Crippen LogP contribution in [0.4, 0.5) is 18.9 Å². The number of alkyl halides is 3. The summed E-state index contributed by atoms with van der Waals surface area (Å²) >= 11 is 6.17. The molecule has 0 aromatic heterocycles. The average Bonchev–Trinajstić information content (AvgIpc) is 3.02. The van der Waals surface area contributed by atoms with Gasteiger partial charge in [-0.15, -0.1) is 0 Å². The highest BCUT2D eigenvalue weighted by Crippen LogP contribution is 2.36. The topological polar surface area (TPSA) is 113 Å². The molecule has 0 aliphatic heterocycles. The molecule has 4 aromatic carbocycles. The molecule has 0 radical (unpaired) electrons. The van der Waals surface area contributed by atoms with Crippen LogP contribution in [0.2, 0.25) is 5.02 Å². The SMILES string of the molecule is CC(C)(C)/C=C/c1ccc(C(Cc2ccc(C(=O)NCCS(=O)(=O)O)cc2)C(=O)Nc2ccc(-c3ccc(C(F)(F)F)cc3Cl)cc2)cc1. The van der Waals surface area contributed by atoms with Gasteiger partial charge in [0.15, 0.2) is 0 Å². The Morgan fingerprint density at radius 3 is 2.08 bits per heavy atom. The number of amides is 2. The Labute approximate surface area is 289 Å². The van der Waals surface area contributed by atoms with Gasteiger partial charge in [-0.1, -0.05) is 99.1 Å². The van der Waals surface area contributed by atoms with Crippen LogP contribution >= 0.6 is 11.6 Å². The van der Waals surface area contributed by atoms with E-state index in [4.69, 9.17) is 16.2 Å². The number of nitrogens with one attached hydrogen (secondary N) is 2. The van der Waals surface area contributed by atoms with Gasteiger partial charge in [0.1, 0.15) is 0 Å². The van der Waals surface area contributed by atoms with Crippen molar-refractivity contribution in [1.82, 2.24) is 5.32 Å². The lowest BCUT2D eigenvalue weighted by Crippen LogP contribution is -2.28.